The zero-order valence-corrected chi connectivity index (χ0v) is 9.15. The maximum Gasteiger partial charge on any atom is 0.392 e. The van der Waals surface area contributed by atoms with Gasteiger partial charge in [-0.3, -0.25) is 0 Å². The van der Waals surface area contributed by atoms with E-state index < -0.39 is 5.97 Å². The van der Waals surface area contributed by atoms with Crippen molar-refractivity contribution in [3.05, 3.63) is 40.9 Å². The van der Waals surface area contributed by atoms with E-state index in [9.17, 15) is 4.79 Å². The number of hydrogen-bond donors (Lipinski definition) is 1. The summed E-state index contributed by atoms with van der Waals surface area (Å²) in [5.41, 5.74) is 1.24. The van der Waals surface area contributed by atoms with Gasteiger partial charge in [0.25, 0.3) is 0 Å². The highest BCUT2D eigenvalue weighted by Crippen LogP contribution is 2.26. The second-order valence-corrected chi connectivity index (χ2v) is 3.69. The highest BCUT2D eigenvalue weighted by Gasteiger charge is 2.16. The smallest absolute Gasteiger partial charge is 0.392 e. The first-order chi connectivity index (χ1) is 7.58. The van der Waals surface area contributed by atoms with Crippen molar-refractivity contribution in [3.8, 4) is 11.3 Å². The fraction of sp³-hybridized carbons (Fsp3) is 0.0909. The van der Waals surface area contributed by atoms with E-state index in [1.165, 1.54) is 0 Å². The Labute approximate surface area is 96.5 Å². The molecule has 1 aromatic heterocycles. The molecule has 0 amide bonds. The third kappa shape index (κ3) is 1.92. The molecule has 0 atom stereocenters. The third-order valence-corrected chi connectivity index (χ3v) is 2.30. The Balaban J connectivity index is 2.52. The van der Waals surface area contributed by atoms with E-state index in [1.54, 1.807) is 31.2 Å². The zero-order chi connectivity index (χ0) is 11.7. The van der Waals surface area contributed by atoms with E-state index in [4.69, 9.17) is 21.1 Å². The maximum absolute atomic E-state index is 10.7. The minimum atomic E-state index is -1.18. The van der Waals surface area contributed by atoms with Crippen molar-refractivity contribution in [1.29, 1.82) is 0 Å². The summed E-state index contributed by atoms with van der Waals surface area (Å²) in [6, 6.07) is 6.97. The molecule has 1 aromatic carbocycles. The number of carboxylic acids is 1. The molecule has 16 heavy (non-hydrogen) atoms. The second kappa shape index (κ2) is 3.98. The van der Waals surface area contributed by atoms with Crippen LogP contribution < -0.4 is 0 Å². The van der Waals surface area contributed by atoms with Crippen molar-refractivity contribution in [1.82, 2.24) is 4.98 Å². The van der Waals surface area contributed by atoms with E-state index in [0.717, 1.165) is 0 Å². The molecule has 0 spiro atoms. The number of nitrogens with zero attached hydrogens (tertiary/aromatic N) is 1. The van der Waals surface area contributed by atoms with Crippen molar-refractivity contribution >= 4 is 17.6 Å². The van der Waals surface area contributed by atoms with Gasteiger partial charge in [0.2, 0.25) is 0 Å². The number of aryl methyl sites for hydroxylation is 1. The molecule has 2 aromatic rings. The summed E-state index contributed by atoms with van der Waals surface area (Å²) in [6.07, 6.45) is 0. The number of carbonyl (C=O) groups is 1. The molecule has 0 aliphatic rings. The molecule has 2 rings (SSSR count). The Hall–Kier alpha value is -1.81. The molecule has 0 aliphatic heterocycles. The molecule has 1 heterocycles. The van der Waals surface area contributed by atoms with Gasteiger partial charge in [0, 0.05) is 10.6 Å². The van der Waals surface area contributed by atoms with Crippen LogP contribution in [0.2, 0.25) is 5.02 Å². The number of aromatic carboxylic acids is 1. The van der Waals surface area contributed by atoms with Crippen molar-refractivity contribution in [2.75, 3.05) is 0 Å². The first-order valence-electron chi connectivity index (χ1n) is 4.54. The molecule has 1 N–H and O–H groups in total. The lowest BCUT2D eigenvalue weighted by Crippen LogP contribution is -1.95. The van der Waals surface area contributed by atoms with E-state index >= 15 is 0 Å². The van der Waals surface area contributed by atoms with Crippen LogP contribution in [-0.2, 0) is 0 Å². The summed E-state index contributed by atoms with van der Waals surface area (Å²) >= 11 is 5.84. The fourth-order valence-electron chi connectivity index (χ4n) is 1.39. The average molecular weight is 238 g/mol. The van der Waals surface area contributed by atoms with Gasteiger partial charge in [-0.25, -0.2) is 9.78 Å². The lowest BCUT2D eigenvalue weighted by atomic mass is 10.1. The van der Waals surface area contributed by atoms with Gasteiger partial charge in [0.05, 0.1) is 5.69 Å². The summed E-state index contributed by atoms with van der Waals surface area (Å²) in [7, 11) is 0. The number of aromatic nitrogens is 1. The first-order valence-corrected chi connectivity index (χ1v) is 4.92. The maximum atomic E-state index is 10.7. The Morgan fingerprint density at radius 2 is 2.25 bits per heavy atom. The quantitative estimate of drug-likeness (QED) is 0.872. The molecule has 0 bridgehead atoms. The molecular formula is C11H8ClNO3. The third-order valence-electron chi connectivity index (χ3n) is 2.07. The van der Waals surface area contributed by atoms with Crippen molar-refractivity contribution in [3.63, 3.8) is 0 Å². The number of oxazole rings is 1. The van der Waals surface area contributed by atoms with E-state index in [1.807, 2.05) is 0 Å². The van der Waals surface area contributed by atoms with Crippen LogP contribution in [0.1, 0.15) is 16.4 Å². The lowest BCUT2D eigenvalue weighted by Gasteiger charge is -1.97. The van der Waals surface area contributed by atoms with Crippen LogP contribution in [0.5, 0.6) is 0 Å². The minimum Gasteiger partial charge on any atom is -0.474 e. The van der Waals surface area contributed by atoms with Gasteiger partial charge in [0.1, 0.15) is 0 Å². The summed E-state index contributed by atoms with van der Waals surface area (Å²) < 4.78 is 5.15. The van der Waals surface area contributed by atoms with Crippen LogP contribution in [0.3, 0.4) is 0 Å². The molecular weight excluding hydrogens is 230 g/mol. The SMILES string of the molecule is Cc1nc(C(=O)O)oc1-c1cccc(Cl)c1. The van der Waals surface area contributed by atoms with E-state index in [0.29, 0.717) is 22.0 Å². The minimum absolute atomic E-state index is 0.313. The molecule has 0 saturated heterocycles. The summed E-state index contributed by atoms with van der Waals surface area (Å²) in [6.45, 7) is 1.69. The fourth-order valence-corrected chi connectivity index (χ4v) is 1.58. The van der Waals surface area contributed by atoms with Gasteiger partial charge in [-0.2, -0.15) is 0 Å². The van der Waals surface area contributed by atoms with Crippen molar-refractivity contribution in [2.45, 2.75) is 6.92 Å². The number of hydrogen-bond acceptors (Lipinski definition) is 3. The van der Waals surface area contributed by atoms with Crippen LogP contribution in [0, 0.1) is 6.92 Å². The lowest BCUT2D eigenvalue weighted by molar-refractivity contribution is 0.0654. The highest BCUT2D eigenvalue weighted by molar-refractivity contribution is 6.30. The largest absolute Gasteiger partial charge is 0.474 e. The average Bonchev–Trinajstić information content (AvgIpc) is 2.60. The molecule has 0 aliphatic carbocycles. The zero-order valence-electron chi connectivity index (χ0n) is 8.40. The molecule has 82 valence electrons. The first kappa shape index (κ1) is 10.7. The summed E-state index contributed by atoms with van der Waals surface area (Å²) in [4.78, 5) is 14.5. The molecule has 5 heteroatoms. The van der Waals surface area contributed by atoms with Crippen LogP contribution in [0.15, 0.2) is 28.7 Å². The Bertz CT molecular complexity index is 548. The summed E-state index contributed by atoms with van der Waals surface area (Å²) in [5.74, 6) is -1.07. The predicted octanol–water partition coefficient (Wildman–Crippen LogP) is 3.00. The van der Waals surface area contributed by atoms with Gasteiger partial charge in [-0.05, 0) is 19.1 Å². The Kier molecular flexibility index (Phi) is 2.66. The van der Waals surface area contributed by atoms with Crippen LogP contribution >= 0.6 is 11.6 Å². The van der Waals surface area contributed by atoms with Gasteiger partial charge in [0.15, 0.2) is 5.76 Å². The molecule has 4 nitrogen and oxygen atoms in total. The molecule has 0 radical (unpaired) electrons. The molecule has 0 unspecified atom stereocenters. The van der Waals surface area contributed by atoms with Gasteiger partial charge in [-0.15, -0.1) is 0 Å². The summed E-state index contributed by atoms with van der Waals surface area (Å²) in [5, 5.41) is 9.30. The Morgan fingerprint density at radius 1 is 1.50 bits per heavy atom. The van der Waals surface area contributed by atoms with E-state index in [-0.39, 0.29) is 5.89 Å². The van der Waals surface area contributed by atoms with E-state index in [2.05, 4.69) is 4.98 Å². The number of carboxylic acid groups (broad SMARTS) is 1. The second-order valence-electron chi connectivity index (χ2n) is 3.25. The monoisotopic (exact) mass is 237 g/mol. The highest BCUT2D eigenvalue weighted by atomic mass is 35.5. The number of rotatable bonds is 2. The number of halogens is 1. The van der Waals surface area contributed by atoms with Crippen LogP contribution in [0.25, 0.3) is 11.3 Å². The molecule has 0 saturated carbocycles. The standard InChI is InChI=1S/C11H8ClNO3/c1-6-9(16-10(13-6)11(14)15)7-3-2-4-8(12)5-7/h2-5H,1H3,(H,14,15). The van der Waals surface area contributed by atoms with Gasteiger partial charge in [-0.1, -0.05) is 23.7 Å². The molecule has 0 fully saturated rings. The Morgan fingerprint density at radius 3 is 2.81 bits per heavy atom. The van der Waals surface area contributed by atoms with Crippen molar-refractivity contribution in [2.24, 2.45) is 0 Å². The predicted molar refractivity (Wildman–Crippen MR) is 58.6 cm³/mol. The number of benzene rings is 1. The van der Waals surface area contributed by atoms with Gasteiger partial charge >= 0.3 is 11.9 Å². The van der Waals surface area contributed by atoms with Crippen LogP contribution in [0.4, 0.5) is 0 Å². The topological polar surface area (TPSA) is 63.3 Å². The normalized spacial score (nSPS) is 10.4. The van der Waals surface area contributed by atoms with Gasteiger partial charge < -0.3 is 9.52 Å². The van der Waals surface area contributed by atoms with Crippen LogP contribution in [-0.4, -0.2) is 16.1 Å². The van der Waals surface area contributed by atoms with Crippen molar-refractivity contribution < 1.29 is 14.3 Å².